The molecule has 6 nitrogen and oxygen atoms in total. The minimum Gasteiger partial charge on any atom is -0.495 e. The molecule has 0 atom stereocenters. The normalized spacial score (nSPS) is 10.4. The molecule has 3 aromatic rings. The molecule has 2 N–H and O–H groups in total. The summed E-state index contributed by atoms with van der Waals surface area (Å²) < 4.78 is 18.7. The number of aryl methyl sites for hydroxylation is 1. The lowest BCUT2D eigenvalue weighted by Crippen LogP contribution is -2.15. The topological polar surface area (TPSA) is 88.3 Å². The van der Waals surface area contributed by atoms with Crippen molar-refractivity contribution in [2.24, 2.45) is 0 Å². The number of aromatic amines is 1. The average molecular weight is 380 g/mol. The number of carbonyl (C=O) groups is 2. The van der Waals surface area contributed by atoms with Crippen LogP contribution in [0.5, 0.6) is 5.75 Å². The van der Waals surface area contributed by atoms with Gasteiger partial charge in [-0.3, -0.25) is 14.4 Å². The van der Waals surface area contributed by atoms with E-state index in [2.05, 4.69) is 10.3 Å². The molecule has 2 aromatic carbocycles. The fourth-order valence-corrected chi connectivity index (χ4v) is 2.65. The molecule has 0 fully saturated rings. The molecule has 1 aromatic heterocycles. The lowest BCUT2D eigenvalue weighted by Gasteiger charge is -2.12. The van der Waals surface area contributed by atoms with Crippen molar-refractivity contribution in [1.82, 2.24) is 4.98 Å². The SMILES string of the molecule is COc1ccc(C(=O)c2ccc(F)c(C)c2)cc1NC(=O)c1ccc(=O)[nH]c1. The summed E-state index contributed by atoms with van der Waals surface area (Å²) in [5.41, 5.74) is 1.23. The predicted molar refractivity (Wildman–Crippen MR) is 103 cm³/mol. The van der Waals surface area contributed by atoms with Crippen molar-refractivity contribution in [3.63, 3.8) is 0 Å². The van der Waals surface area contributed by atoms with Crippen LogP contribution in [0.2, 0.25) is 0 Å². The summed E-state index contributed by atoms with van der Waals surface area (Å²) in [6.45, 7) is 1.58. The number of ketones is 1. The second kappa shape index (κ2) is 7.87. The Bertz CT molecular complexity index is 1100. The van der Waals surface area contributed by atoms with Gasteiger partial charge in [0.1, 0.15) is 11.6 Å². The van der Waals surface area contributed by atoms with Crippen LogP contribution < -0.4 is 15.6 Å². The van der Waals surface area contributed by atoms with Gasteiger partial charge in [0, 0.05) is 23.4 Å². The molecule has 0 radical (unpaired) electrons. The first-order valence-corrected chi connectivity index (χ1v) is 8.38. The van der Waals surface area contributed by atoms with Crippen molar-refractivity contribution in [3.8, 4) is 5.75 Å². The van der Waals surface area contributed by atoms with E-state index in [0.717, 1.165) is 0 Å². The molecule has 142 valence electrons. The van der Waals surface area contributed by atoms with E-state index in [1.165, 1.54) is 49.7 Å². The van der Waals surface area contributed by atoms with Crippen LogP contribution in [0, 0.1) is 12.7 Å². The number of rotatable bonds is 5. The lowest BCUT2D eigenvalue weighted by atomic mass is 10.0. The standard InChI is InChI=1S/C21H17FN2O4/c1-12-9-13(3-6-16(12)22)20(26)14-4-7-18(28-2)17(10-14)24-21(27)15-5-8-19(25)23-11-15/h3-11H,1-2H3,(H,23,25)(H,24,27). The number of halogens is 1. The smallest absolute Gasteiger partial charge is 0.257 e. The second-order valence-corrected chi connectivity index (χ2v) is 6.10. The third-order valence-corrected chi connectivity index (χ3v) is 4.18. The van der Waals surface area contributed by atoms with Crippen LogP contribution in [-0.2, 0) is 0 Å². The maximum atomic E-state index is 13.5. The number of H-pyrrole nitrogens is 1. The van der Waals surface area contributed by atoms with E-state index in [-0.39, 0.29) is 22.7 Å². The molecule has 0 spiro atoms. The zero-order chi connectivity index (χ0) is 20.3. The van der Waals surface area contributed by atoms with Crippen LogP contribution in [0.4, 0.5) is 10.1 Å². The maximum Gasteiger partial charge on any atom is 0.257 e. The number of hydrogen-bond donors (Lipinski definition) is 2. The number of nitrogens with one attached hydrogen (secondary N) is 2. The van der Waals surface area contributed by atoms with Gasteiger partial charge in [-0.25, -0.2) is 4.39 Å². The summed E-state index contributed by atoms with van der Waals surface area (Å²) >= 11 is 0. The van der Waals surface area contributed by atoms with Crippen molar-refractivity contribution >= 4 is 17.4 Å². The Balaban J connectivity index is 1.92. The molecule has 0 unspecified atom stereocenters. The zero-order valence-corrected chi connectivity index (χ0v) is 15.2. The molecule has 0 aliphatic rings. The third-order valence-electron chi connectivity index (χ3n) is 4.18. The molecule has 1 heterocycles. The number of benzene rings is 2. The number of anilines is 1. The highest BCUT2D eigenvalue weighted by Crippen LogP contribution is 2.27. The third kappa shape index (κ3) is 3.98. The Morgan fingerprint density at radius 1 is 1.00 bits per heavy atom. The van der Waals surface area contributed by atoms with Crippen molar-refractivity contribution in [1.29, 1.82) is 0 Å². The van der Waals surface area contributed by atoms with E-state index >= 15 is 0 Å². The highest BCUT2D eigenvalue weighted by atomic mass is 19.1. The second-order valence-electron chi connectivity index (χ2n) is 6.10. The van der Waals surface area contributed by atoms with Crippen LogP contribution in [0.15, 0.2) is 59.5 Å². The van der Waals surface area contributed by atoms with Crippen LogP contribution >= 0.6 is 0 Å². The van der Waals surface area contributed by atoms with Crippen molar-refractivity contribution in [3.05, 3.63) is 93.2 Å². The summed E-state index contributed by atoms with van der Waals surface area (Å²) in [6, 6.07) is 11.4. The van der Waals surface area contributed by atoms with Gasteiger partial charge in [0.2, 0.25) is 5.56 Å². The molecular formula is C21H17FN2O4. The lowest BCUT2D eigenvalue weighted by molar-refractivity contribution is 0.102. The summed E-state index contributed by atoms with van der Waals surface area (Å²) in [7, 11) is 1.44. The van der Waals surface area contributed by atoms with Crippen LogP contribution in [-0.4, -0.2) is 23.8 Å². The van der Waals surface area contributed by atoms with Crippen molar-refractivity contribution in [2.75, 3.05) is 12.4 Å². The Labute approximate surface area is 160 Å². The van der Waals surface area contributed by atoms with Crippen LogP contribution in [0.3, 0.4) is 0 Å². The van der Waals surface area contributed by atoms with Gasteiger partial charge in [-0.2, -0.15) is 0 Å². The Hall–Kier alpha value is -3.74. The number of pyridine rings is 1. The van der Waals surface area contributed by atoms with E-state index in [1.807, 2.05) is 0 Å². The van der Waals surface area contributed by atoms with Gasteiger partial charge in [-0.1, -0.05) is 0 Å². The van der Waals surface area contributed by atoms with Crippen LogP contribution in [0.25, 0.3) is 0 Å². The van der Waals surface area contributed by atoms with Gasteiger partial charge in [0.05, 0.1) is 18.4 Å². The molecule has 0 bridgehead atoms. The molecule has 28 heavy (non-hydrogen) atoms. The summed E-state index contributed by atoms with van der Waals surface area (Å²) in [4.78, 5) is 38.7. The molecule has 0 aliphatic carbocycles. The Kier molecular flexibility index (Phi) is 5.35. The first kappa shape index (κ1) is 19.0. The van der Waals surface area contributed by atoms with Crippen LogP contribution in [0.1, 0.15) is 31.8 Å². The van der Waals surface area contributed by atoms with E-state index in [9.17, 15) is 18.8 Å². The Morgan fingerprint density at radius 3 is 2.32 bits per heavy atom. The summed E-state index contributed by atoms with van der Waals surface area (Å²) in [5, 5.41) is 2.67. The van der Waals surface area contributed by atoms with Crippen molar-refractivity contribution < 1.29 is 18.7 Å². The highest BCUT2D eigenvalue weighted by molar-refractivity contribution is 6.11. The number of carbonyl (C=O) groups excluding carboxylic acids is 2. The fourth-order valence-electron chi connectivity index (χ4n) is 2.65. The minimum atomic E-state index is -0.475. The zero-order valence-electron chi connectivity index (χ0n) is 15.2. The molecule has 0 saturated heterocycles. The minimum absolute atomic E-state index is 0.243. The number of hydrogen-bond acceptors (Lipinski definition) is 4. The summed E-state index contributed by atoms with van der Waals surface area (Å²) in [6.07, 6.45) is 1.29. The van der Waals surface area contributed by atoms with E-state index in [1.54, 1.807) is 19.1 Å². The van der Waals surface area contributed by atoms with E-state index in [0.29, 0.717) is 28.1 Å². The number of amides is 1. The average Bonchev–Trinajstić information content (AvgIpc) is 2.70. The highest BCUT2D eigenvalue weighted by Gasteiger charge is 2.15. The molecule has 7 heteroatoms. The molecule has 1 amide bonds. The van der Waals surface area contributed by atoms with Gasteiger partial charge in [0.25, 0.3) is 5.91 Å². The first-order chi connectivity index (χ1) is 13.4. The first-order valence-electron chi connectivity index (χ1n) is 8.38. The maximum absolute atomic E-state index is 13.5. The van der Waals surface area contributed by atoms with Crippen molar-refractivity contribution in [2.45, 2.75) is 6.92 Å². The van der Waals surface area contributed by atoms with Gasteiger partial charge in [-0.15, -0.1) is 0 Å². The monoisotopic (exact) mass is 380 g/mol. The van der Waals surface area contributed by atoms with Gasteiger partial charge < -0.3 is 15.0 Å². The van der Waals surface area contributed by atoms with Gasteiger partial charge in [-0.05, 0) is 55.0 Å². The quantitative estimate of drug-likeness (QED) is 0.665. The molecular weight excluding hydrogens is 363 g/mol. The van der Waals surface area contributed by atoms with E-state index < -0.39 is 5.91 Å². The molecule has 0 saturated carbocycles. The van der Waals surface area contributed by atoms with Gasteiger partial charge >= 0.3 is 0 Å². The number of aromatic nitrogens is 1. The summed E-state index contributed by atoms with van der Waals surface area (Å²) in [5.74, 6) is -0.813. The number of ether oxygens (including phenoxy) is 1. The predicted octanol–water partition coefficient (Wildman–Crippen LogP) is 3.31. The van der Waals surface area contributed by atoms with E-state index in [4.69, 9.17) is 4.74 Å². The molecule has 0 aliphatic heterocycles. The Morgan fingerprint density at radius 2 is 1.68 bits per heavy atom. The number of methoxy groups -OCH3 is 1. The fraction of sp³-hybridized carbons (Fsp3) is 0.0952. The molecule has 3 rings (SSSR count). The largest absolute Gasteiger partial charge is 0.495 e. The van der Waals surface area contributed by atoms with Gasteiger partial charge in [0.15, 0.2) is 5.78 Å².